The molecule has 1 saturated carbocycles. The predicted molar refractivity (Wildman–Crippen MR) is 88.4 cm³/mol. The van der Waals surface area contributed by atoms with Gasteiger partial charge < -0.3 is 10.3 Å². The quantitative estimate of drug-likeness (QED) is 0.797. The summed E-state index contributed by atoms with van der Waals surface area (Å²) in [5.41, 5.74) is 7.72. The van der Waals surface area contributed by atoms with Crippen LogP contribution in [0.25, 0.3) is 17.1 Å². The molecule has 23 heavy (non-hydrogen) atoms. The van der Waals surface area contributed by atoms with Gasteiger partial charge in [-0.15, -0.1) is 12.4 Å². The molecule has 7 heteroatoms. The zero-order chi connectivity index (χ0) is 15.0. The molecule has 2 N–H and O–H groups in total. The van der Waals surface area contributed by atoms with Gasteiger partial charge in [0.2, 0.25) is 0 Å². The Kier molecular flexibility index (Phi) is 4.19. The highest BCUT2D eigenvalue weighted by Crippen LogP contribution is 2.36. The van der Waals surface area contributed by atoms with Crippen LogP contribution < -0.4 is 5.73 Å². The van der Waals surface area contributed by atoms with Crippen LogP contribution in [-0.4, -0.2) is 19.9 Å². The van der Waals surface area contributed by atoms with Crippen molar-refractivity contribution in [3.8, 4) is 17.1 Å². The third-order valence-corrected chi connectivity index (χ3v) is 4.25. The highest BCUT2D eigenvalue weighted by atomic mass is 35.5. The lowest BCUT2D eigenvalue weighted by Crippen LogP contribution is -2.34. The Labute approximate surface area is 140 Å². The van der Waals surface area contributed by atoms with E-state index in [9.17, 15) is 0 Å². The van der Waals surface area contributed by atoms with Gasteiger partial charge >= 0.3 is 0 Å². The highest BCUT2D eigenvalue weighted by Gasteiger charge is 2.36. The number of hydrogen-bond acceptors (Lipinski definition) is 5. The number of hydrogen-bond donors (Lipinski definition) is 1. The smallest absolute Gasteiger partial charge is 0.260 e. The lowest BCUT2D eigenvalue weighted by Gasteiger charge is -2.17. The van der Waals surface area contributed by atoms with E-state index >= 15 is 0 Å². The van der Waals surface area contributed by atoms with Crippen molar-refractivity contribution in [1.29, 1.82) is 0 Å². The van der Waals surface area contributed by atoms with Crippen molar-refractivity contribution in [2.45, 2.75) is 31.2 Å². The first-order chi connectivity index (χ1) is 10.8. The number of halogens is 1. The normalized spacial score (nSPS) is 16.2. The fourth-order valence-corrected chi connectivity index (χ4v) is 3.03. The van der Waals surface area contributed by atoms with Crippen molar-refractivity contribution in [1.82, 2.24) is 19.9 Å². The number of nitrogens with zero attached hydrogens (tertiary/aromatic N) is 4. The van der Waals surface area contributed by atoms with Crippen molar-refractivity contribution >= 4 is 12.4 Å². The average Bonchev–Trinajstić information content (AvgIpc) is 3.29. The molecule has 120 valence electrons. The average molecular weight is 332 g/mol. The molecular formula is C16H18ClN5O. The molecule has 0 bridgehead atoms. The van der Waals surface area contributed by atoms with Gasteiger partial charge in [0.1, 0.15) is 0 Å². The van der Waals surface area contributed by atoms with Crippen molar-refractivity contribution < 1.29 is 4.52 Å². The Balaban J connectivity index is 0.00000156. The summed E-state index contributed by atoms with van der Waals surface area (Å²) in [6.45, 7) is 0. The van der Waals surface area contributed by atoms with Gasteiger partial charge in [-0.1, -0.05) is 30.1 Å². The molecule has 2 aromatic heterocycles. The van der Waals surface area contributed by atoms with E-state index in [4.69, 9.17) is 10.3 Å². The van der Waals surface area contributed by atoms with Crippen LogP contribution in [0.2, 0.25) is 0 Å². The number of para-hydroxylation sites is 1. The van der Waals surface area contributed by atoms with Crippen molar-refractivity contribution in [3.05, 3.63) is 48.5 Å². The summed E-state index contributed by atoms with van der Waals surface area (Å²) in [6.07, 6.45) is 7.68. The number of rotatable bonds is 3. The maximum atomic E-state index is 6.40. The summed E-state index contributed by atoms with van der Waals surface area (Å²) in [5.74, 6) is 1.09. The Bertz CT molecular complexity index is 777. The Hall–Kier alpha value is -2.18. The van der Waals surface area contributed by atoms with E-state index in [0.29, 0.717) is 11.7 Å². The van der Waals surface area contributed by atoms with Gasteiger partial charge in [0.25, 0.3) is 5.89 Å². The van der Waals surface area contributed by atoms with Crippen LogP contribution in [-0.2, 0) is 5.54 Å². The molecule has 0 radical (unpaired) electrons. The molecule has 0 amide bonds. The molecular weight excluding hydrogens is 314 g/mol. The Morgan fingerprint density at radius 3 is 2.65 bits per heavy atom. The number of benzene rings is 1. The van der Waals surface area contributed by atoms with Crippen LogP contribution in [0.15, 0.2) is 47.2 Å². The van der Waals surface area contributed by atoms with Gasteiger partial charge in [0.05, 0.1) is 16.8 Å². The zero-order valence-corrected chi connectivity index (χ0v) is 13.4. The van der Waals surface area contributed by atoms with Crippen LogP contribution in [0.1, 0.15) is 31.5 Å². The predicted octanol–water partition coefficient (Wildman–Crippen LogP) is 3.07. The van der Waals surface area contributed by atoms with Gasteiger partial charge in [0.15, 0.2) is 5.82 Å². The van der Waals surface area contributed by atoms with E-state index in [-0.39, 0.29) is 12.4 Å². The maximum absolute atomic E-state index is 6.40. The molecule has 2 heterocycles. The van der Waals surface area contributed by atoms with E-state index in [0.717, 1.165) is 36.9 Å². The largest absolute Gasteiger partial charge is 0.334 e. The summed E-state index contributed by atoms with van der Waals surface area (Å²) in [4.78, 5) is 4.56. The first kappa shape index (κ1) is 15.7. The molecule has 1 aromatic carbocycles. The summed E-state index contributed by atoms with van der Waals surface area (Å²) in [7, 11) is 0. The monoisotopic (exact) mass is 331 g/mol. The van der Waals surface area contributed by atoms with E-state index in [1.165, 1.54) is 0 Å². The minimum atomic E-state index is -0.442. The highest BCUT2D eigenvalue weighted by molar-refractivity contribution is 5.85. The minimum absolute atomic E-state index is 0. The van der Waals surface area contributed by atoms with Gasteiger partial charge in [-0.2, -0.15) is 10.1 Å². The lowest BCUT2D eigenvalue weighted by molar-refractivity contribution is 0.372. The zero-order valence-electron chi connectivity index (χ0n) is 12.6. The maximum Gasteiger partial charge on any atom is 0.260 e. The van der Waals surface area contributed by atoms with Crippen LogP contribution in [0, 0.1) is 0 Å². The SMILES string of the molecule is Cl.NC1(c2noc(-c3ccccc3-n3cccn3)n2)CCCC1. The molecule has 0 aliphatic heterocycles. The lowest BCUT2D eigenvalue weighted by atomic mass is 9.98. The van der Waals surface area contributed by atoms with Crippen LogP contribution >= 0.6 is 12.4 Å². The second-order valence-electron chi connectivity index (χ2n) is 5.75. The molecule has 1 fully saturated rings. The molecule has 3 aromatic rings. The second kappa shape index (κ2) is 6.14. The van der Waals surface area contributed by atoms with Gasteiger partial charge in [-0.05, 0) is 31.0 Å². The fourth-order valence-electron chi connectivity index (χ4n) is 3.03. The Morgan fingerprint density at radius 2 is 1.91 bits per heavy atom. The Morgan fingerprint density at radius 1 is 1.13 bits per heavy atom. The first-order valence-corrected chi connectivity index (χ1v) is 7.49. The summed E-state index contributed by atoms with van der Waals surface area (Å²) in [6, 6.07) is 9.70. The molecule has 4 rings (SSSR count). The first-order valence-electron chi connectivity index (χ1n) is 7.49. The summed E-state index contributed by atoms with van der Waals surface area (Å²) < 4.78 is 7.27. The topological polar surface area (TPSA) is 82.8 Å². The van der Waals surface area contributed by atoms with Crippen LogP contribution in [0.4, 0.5) is 0 Å². The van der Waals surface area contributed by atoms with Crippen molar-refractivity contribution in [2.75, 3.05) is 0 Å². The number of nitrogens with two attached hydrogens (primary N) is 1. The third-order valence-electron chi connectivity index (χ3n) is 4.25. The van der Waals surface area contributed by atoms with Gasteiger partial charge in [-0.3, -0.25) is 0 Å². The second-order valence-corrected chi connectivity index (χ2v) is 5.75. The molecule has 6 nitrogen and oxygen atoms in total. The van der Waals surface area contributed by atoms with E-state index in [1.807, 2.05) is 36.5 Å². The molecule has 1 aliphatic rings. The minimum Gasteiger partial charge on any atom is -0.334 e. The molecule has 0 spiro atoms. The summed E-state index contributed by atoms with van der Waals surface area (Å²) in [5, 5.41) is 8.40. The molecule has 0 unspecified atom stereocenters. The standard InChI is InChI=1S/C16H17N5O.ClH/c17-16(8-3-4-9-16)15-19-14(22-20-15)12-6-1-2-7-13(12)21-11-5-10-18-21;/h1-2,5-7,10-11H,3-4,8-9,17H2;1H. The molecule has 0 atom stereocenters. The fraction of sp³-hybridized carbons (Fsp3) is 0.312. The van der Waals surface area contributed by atoms with Gasteiger partial charge in [0, 0.05) is 12.4 Å². The molecule has 0 saturated heterocycles. The van der Waals surface area contributed by atoms with E-state index in [1.54, 1.807) is 10.9 Å². The van der Waals surface area contributed by atoms with E-state index in [2.05, 4.69) is 15.2 Å². The van der Waals surface area contributed by atoms with Crippen LogP contribution in [0.3, 0.4) is 0 Å². The van der Waals surface area contributed by atoms with Crippen molar-refractivity contribution in [2.24, 2.45) is 5.73 Å². The van der Waals surface area contributed by atoms with E-state index < -0.39 is 5.54 Å². The van der Waals surface area contributed by atoms with Crippen LogP contribution in [0.5, 0.6) is 0 Å². The van der Waals surface area contributed by atoms with Crippen molar-refractivity contribution in [3.63, 3.8) is 0 Å². The third kappa shape index (κ3) is 2.75. The van der Waals surface area contributed by atoms with Gasteiger partial charge in [-0.25, -0.2) is 4.68 Å². The number of aromatic nitrogens is 4. The summed E-state index contributed by atoms with van der Waals surface area (Å²) >= 11 is 0. The molecule has 1 aliphatic carbocycles.